The first-order valence-corrected chi connectivity index (χ1v) is 8.96. The third-order valence-electron chi connectivity index (χ3n) is 4.00. The molecule has 0 bridgehead atoms. The summed E-state index contributed by atoms with van der Waals surface area (Å²) in [6.07, 6.45) is 3.11. The molecule has 1 fully saturated rings. The van der Waals surface area contributed by atoms with Gasteiger partial charge in [-0.15, -0.1) is 0 Å². The first-order chi connectivity index (χ1) is 10.6. The van der Waals surface area contributed by atoms with Crippen molar-refractivity contribution in [2.24, 2.45) is 0 Å². The lowest BCUT2D eigenvalue weighted by atomic mass is 10.1. The van der Waals surface area contributed by atoms with E-state index in [-0.39, 0.29) is 6.61 Å². The molecule has 2 heterocycles. The minimum absolute atomic E-state index is 0.215. The number of hydrogen-bond donors (Lipinski definition) is 2. The summed E-state index contributed by atoms with van der Waals surface area (Å²) >= 11 is 1.67. The van der Waals surface area contributed by atoms with Gasteiger partial charge in [-0.25, -0.2) is 9.97 Å². The van der Waals surface area contributed by atoms with E-state index < -0.39 is 0 Å². The molecule has 0 amide bonds. The van der Waals surface area contributed by atoms with E-state index in [1.54, 1.807) is 11.8 Å². The van der Waals surface area contributed by atoms with Crippen LogP contribution in [0.25, 0.3) is 0 Å². The topological polar surface area (TPSA) is 78.5 Å². The molecule has 3 N–H and O–H groups in total. The molecule has 7 heteroatoms. The molecule has 1 aliphatic rings. The zero-order valence-electron chi connectivity index (χ0n) is 13.5. The molecular formula is C15H27N5OS. The molecule has 1 atom stereocenters. The summed E-state index contributed by atoms with van der Waals surface area (Å²) in [6.45, 7) is 5.15. The summed E-state index contributed by atoms with van der Waals surface area (Å²) in [5, 5.41) is 9.97. The lowest BCUT2D eigenvalue weighted by Crippen LogP contribution is -2.52. The van der Waals surface area contributed by atoms with Gasteiger partial charge >= 0.3 is 0 Å². The second kappa shape index (κ2) is 8.55. The molecule has 0 aliphatic carbocycles. The van der Waals surface area contributed by atoms with Crippen LogP contribution in [0, 0.1) is 0 Å². The van der Waals surface area contributed by atoms with Crippen LogP contribution in [0.15, 0.2) is 11.2 Å². The highest BCUT2D eigenvalue weighted by atomic mass is 32.2. The summed E-state index contributed by atoms with van der Waals surface area (Å²) in [5.74, 6) is 2.46. The van der Waals surface area contributed by atoms with E-state index in [4.69, 9.17) is 5.73 Å². The van der Waals surface area contributed by atoms with Gasteiger partial charge in [0.1, 0.15) is 11.6 Å². The van der Waals surface area contributed by atoms with E-state index in [9.17, 15) is 5.11 Å². The van der Waals surface area contributed by atoms with Gasteiger partial charge in [0.25, 0.3) is 0 Å². The van der Waals surface area contributed by atoms with Crippen molar-refractivity contribution in [3.63, 3.8) is 0 Å². The largest absolute Gasteiger partial charge is 0.396 e. The van der Waals surface area contributed by atoms with Crippen molar-refractivity contribution in [3.05, 3.63) is 6.07 Å². The van der Waals surface area contributed by atoms with Crippen LogP contribution in [-0.2, 0) is 0 Å². The lowest BCUT2D eigenvalue weighted by Gasteiger charge is -2.40. The second-order valence-electron chi connectivity index (χ2n) is 5.73. The third kappa shape index (κ3) is 4.72. The van der Waals surface area contributed by atoms with Crippen molar-refractivity contribution >= 4 is 23.4 Å². The van der Waals surface area contributed by atoms with Crippen LogP contribution in [0.1, 0.15) is 26.2 Å². The van der Waals surface area contributed by atoms with Crippen LogP contribution >= 0.6 is 11.8 Å². The third-order valence-corrected chi connectivity index (χ3v) is 4.94. The van der Waals surface area contributed by atoms with Gasteiger partial charge in [-0.3, -0.25) is 4.90 Å². The number of nitrogens with zero attached hydrogens (tertiary/aromatic N) is 4. The van der Waals surface area contributed by atoms with E-state index in [2.05, 4.69) is 33.7 Å². The molecular weight excluding hydrogens is 298 g/mol. The van der Waals surface area contributed by atoms with E-state index in [1.165, 1.54) is 6.42 Å². The summed E-state index contributed by atoms with van der Waals surface area (Å²) in [6, 6.07) is 2.21. The average Bonchev–Trinajstić information content (AvgIpc) is 2.49. The molecule has 22 heavy (non-hydrogen) atoms. The average molecular weight is 325 g/mol. The summed E-state index contributed by atoms with van der Waals surface area (Å²) < 4.78 is 0. The fourth-order valence-electron chi connectivity index (χ4n) is 2.58. The van der Waals surface area contributed by atoms with Crippen LogP contribution < -0.4 is 10.6 Å². The number of aromatic nitrogens is 2. The Bertz CT molecular complexity index is 473. The Kier molecular flexibility index (Phi) is 6.72. The quantitative estimate of drug-likeness (QED) is 0.446. The first-order valence-electron chi connectivity index (χ1n) is 7.97. The molecule has 0 spiro atoms. The van der Waals surface area contributed by atoms with Gasteiger partial charge in [0.15, 0.2) is 5.16 Å². The number of aliphatic hydroxyl groups is 1. The minimum Gasteiger partial charge on any atom is -0.396 e. The minimum atomic E-state index is 0.215. The van der Waals surface area contributed by atoms with E-state index in [0.29, 0.717) is 11.9 Å². The van der Waals surface area contributed by atoms with Gasteiger partial charge in [0.2, 0.25) is 0 Å². The number of nitrogens with two attached hydrogens (primary N) is 1. The van der Waals surface area contributed by atoms with Crippen LogP contribution in [0.2, 0.25) is 0 Å². The first kappa shape index (κ1) is 17.3. The highest BCUT2D eigenvalue weighted by molar-refractivity contribution is 7.99. The number of rotatable bonds is 7. The molecule has 0 aromatic carbocycles. The number of unbranched alkanes of at least 4 members (excludes halogenated alkanes) is 1. The van der Waals surface area contributed by atoms with Gasteiger partial charge in [-0.2, -0.15) is 0 Å². The van der Waals surface area contributed by atoms with Gasteiger partial charge in [0.05, 0.1) is 0 Å². The Hall–Kier alpha value is -1.05. The van der Waals surface area contributed by atoms with E-state index in [1.807, 2.05) is 6.07 Å². The van der Waals surface area contributed by atoms with Crippen LogP contribution in [0.5, 0.6) is 0 Å². The number of aliphatic hydroxyl groups excluding tert-OH is 1. The van der Waals surface area contributed by atoms with Crippen molar-refractivity contribution in [3.8, 4) is 0 Å². The summed E-state index contributed by atoms with van der Waals surface area (Å²) in [4.78, 5) is 13.5. The number of piperazine rings is 1. The Labute approximate surface area is 137 Å². The van der Waals surface area contributed by atoms with Crippen molar-refractivity contribution in [2.75, 3.05) is 49.7 Å². The summed E-state index contributed by atoms with van der Waals surface area (Å²) in [7, 11) is 2.11. The number of hydrogen-bond acceptors (Lipinski definition) is 7. The predicted molar refractivity (Wildman–Crippen MR) is 92.4 cm³/mol. The van der Waals surface area contributed by atoms with Gasteiger partial charge in [-0.05, 0) is 19.9 Å². The normalized spacial score (nSPS) is 19.6. The molecule has 1 aliphatic heterocycles. The van der Waals surface area contributed by atoms with Crippen LogP contribution in [-0.4, -0.2) is 65.1 Å². The lowest BCUT2D eigenvalue weighted by molar-refractivity contribution is 0.170. The standard InChI is InChI=1S/C15H27N5OS/c1-3-4-9-22-15-17-13(16)10-14(18-15)20-7-6-19(2)12(11-20)5-8-21/h10,12,21H,3-9,11H2,1-2H3,(H2,16,17,18)/t12-/m0/s1. The smallest absolute Gasteiger partial charge is 0.191 e. The fourth-order valence-corrected chi connectivity index (χ4v) is 3.52. The molecule has 1 aromatic heterocycles. The fraction of sp³-hybridized carbons (Fsp3) is 0.733. The molecule has 2 rings (SSSR count). The maximum atomic E-state index is 9.21. The van der Waals surface area contributed by atoms with Gasteiger partial charge in [0, 0.05) is 44.1 Å². The second-order valence-corrected chi connectivity index (χ2v) is 6.79. The van der Waals surface area contributed by atoms with E-state index in [0.717, 1.165) is 49.2 Å². The zero-order valence-corrected chi connectivity index (χ0v) is 14.3. The van der Waals surface area contributed by atoms with Crippen molar-refractivity contribution in [1.82, 2.24) is 14.9 Å². The number of nitrogen functional groups attached to an aromatic ring is 1. The SMILES string of the molecule is CCCCSc1nc(N)cc(N2CCN(C)[C@@H](CCO)C2)n1. The Morgan fingerprint density at radius 2 is 2.23 bits per heavy atom. The Morgan fingerprint density at radius 1 is 1.41 bits per heavy atom. The highest BCUT2D eigenvalue weighted by Gasteiger charge is 2.25. The Morgan fingerprint density at radius 3 is 2.95 bits per heavy atom. The maximum absolute atomic E-state index is 9.21. The molecule has 1 aromatic rings. The molecule has 0 radical (unpaired) electrons. The van der Waals surface area contributed by atoms with Crippen LogP contribution in [0.3, 0.4) is 0 Å². The van der Waals surface area contributed by atoms with Crippen molar-refractivity contribution < 1.29 is 5.11 Å². The van der Waals surface area contributed by atoms with Crippen molar-refractivity contribution in [2.45, 2.75) is 37.4 Å². The maximum Gasteiger partial charge on any atom is 0.191 e. The molecule has 0 saturated carbocycles. The highest BCUT2D eigenvalue weighted by Crippen LogP contribution is 2.23. The molecule has 0 unspecified atom stereocenters. The number of likely N-dealkylation sites (N-methyl/N-ethyl adjacent to an activating group) is 1. The molecule has 6 nitrogen and oxygen atoms in total. The van der Waals surface area contributed by atoms with Crippen LogP contribution in [0.4, 0.5) is 11.6 Å². The van der Waals surface area contributed by atoms with Gasteiger partial charge in [-0.1, -0.05) is 25.1 Å². The van der Waals surface area contributed by atoms with E-state index >= 15 is 0 Å². The molecule has 1 saturated heterocycles. The number of thioether (sulfide) groups is 1. The number of anilines is 2. The predicted octanol–water partition coefficient (Wildman–Crippen LogP) is 1.45. The van der Waals surface area contributed by atoms with Gasteiger partial charge < -0.3 is 15.7 Å². The van der Waals surface area contributed by atoms with Crippen molar-refractivity contribution in [1.29, 1.82) is 0 Å². The summed E-state index contributed by atoms with van der Waals surface area (Å²) in [5.41, 5.74) is 5.95. The monoisotopic (exact) mass is 325 g/mol. The molecule has 124 valence electrons. The zero-order chi connectivity index (χ0) is 15.9. The Balaban J connectivity index is 2.07.